The van der Waals surface area contributed by atoms with Crippen molar-refractivity contribution in [3.63, 3.8) is 0 Å². The summed E-state index contributed by atoms with van der Waals surface area (Å²) in [6.07, 6.45) is 1.57. The summed E-state index contributed by atoms with van der Waals surface area (Å²) in [6, 6.07) is 0. The summed E-state index contributed by atoms with van der Waals surface area (Å²) >= 11 is 0. The molecule has 0 amide bonds. The zero-order valence-corrected chi connectivity index (χ0v) is 7.74. The molecule has 78 valence electrons. The molecule has 6 heteroatoms. The number of carbonyl (C=O) groups excluding carboxylic acids is 1. The number of carboxylic acid groups (broad SMARTS) is 1. The van der Waals surface area contributed by atoms with Crippen LogP contribution in [0.2, 0.25) is 0 Å². The topological polar surface area (TPSA) is 100 Å². The highest BCUT2D eigenvalue weighted by atomic mass is 16.4. The average molecular weight is 208 g/mol. The molecule has 1 aromatic rings. The van der Waals surface area contributed by atoms with Gasteiger partial charge in [-0.3, -0.25) is 9.59 Å². The van der Waals surface area contributed by atoms with Gasteiger partial charge in [-0.2, -0.15) is 0 Å². The summed E-state index contributed by atoms with van der Waals surface area (Å²) < 4.78 is 0. The number of aromatic amines is 1. The maximum Gasteiger partial charge on any atom is 0.360 e. The second kappa shape index (κ2) is 3.30. The number of rotatable bonds is 1. The van der Waals surface area contributed by atoms with Crippen molar-refractivity contribution in [1.82, 2.24) is 9.97 Å². The van der Waals surface area contributed by atoms with E-state index in [-0.39, 0.29) is 11.5 Å². The number of ketones is 1. The number of H-pyrrole nitrogens is 1. The Hall–Kier alpha value is -1.98. The molecule has 0 radical (unpaired) electrons. The summed E-state index contributed by atoms with van der Waals surface area (Å²) in [5.74, 6) is -1.63. The first-order valence-corrected chi connectivity index (χ1v) is 4.49. The van der Waals surface area contributed by atoms with Crippen molar-refractivity contribution in [3.8, 4) is 0 Å². The first-order valence-electron chi connectivity index (χ1n) is 4.49. The van der Waals surface area contributed by atoms with Gasteiger partial charge < -0.3 is 10.1 Å². The van der Waals surface area contributed by atoms with Crippen LogP contribution >= 0.6 is 0 Å². The molecule has 15 heavy (non-hydrogen) atoms. The Labute approximate surface area is 84.0 Å². The standard InChI is InChI=1S/C9H8N2O4/c12-5-3-1-2-4-6(5)11-7(9(14)15)8(13)10-4/h1-3H2,(H,10,13)(H,14,15). The predicted molar refractivity (Wildman–Crippen MR) is 49.1 cm³/mol. The van der Waals surface area contributed by atoms with E-state index in [1.807, 2.05) is 0 Å². The molecular formula is C9H8N2O4. The van der Waals surface area contributed by atoms with E-state index in [0.717, 1.165) is 0 Å². The van der Waals surface area contributed by atoms with Gasteiger partial charge in [0.1, 0.15) is 5.69 Å². The monoisotopic (exact) mass is 208 g/mol. The third-order valence-electron chi connectivity index (χ3n) is 2.29. The Morgan fingerprint density at radius 2 is 2.07 bits per heavy atom. The van der Waals surface area contributed by atoms with Crippen LogP contribution in [0.3, 0.4) is 0 Å². The Morgan fingerprint density at radius 3 is 2.73 bits per heavy atom. The molecule has 1 aliphatic rings. The highest BCUT2D eigenvalue weighted by Crippen LogP contribution is 2.15. The van der Waals surface area contributed by atoms with Crippen LogP contribution in [0.25, 0.3) is 0 Å². The van der Waals surface area contributed by atoms with E-state index >= 15 is 0 Å². The molecule has 0 fully saturated rings. The molecule has 0 aromatic carbocycles. The van der Waals surface area contributed by atoms with Crippen LogP contribution in [-0.4, -0.2) is 26.8 Å². The maximum absolute atomic E-state index is 11.4. The van der Waals surface area contributed by atoms with Gasteiger partial charge in [0.25, 0.3) is 5.56 Å². The van der Waals surface area contributed by atoms with Crippen LogP contribution in [0, 0.1) is 0 Å². The van der Waals surface area contributed by atoms with E-state index in [0.29, 0.717) is 25.0 Å². The van der Waals surface area contributed by atoms with Crippen molar-refractivity contribution in [2.24, 2.45) is 0 Å². The second-order valence-electron chi connectivity index (χ2n) is 3.32. The molecule has 0 atom stereocenters. The fourth-order valence-corrected chi connectivity index (χ4v) is 1.59. The van der Waals surface area contributed by atoms with Crippen LogP contribution in [-0.2, 0) is 6.42 Å². The molecule has 6 nitrogen and oxygen atoms in total. The van der Waals surface area contributed by atoms with Crippen LogP contribution < -0.4 is 5.56 Å². The third kappa shape index (κ3) is 1.54. The predicted octanol–water partition coefficient (Wildman–Crippen LogP) is -0.0129. The van der Waals surface area contributed by atoms with E-state index in [4.69, 9.17) is 5.11 Å². The van der Waals surface area contributed by atoms with Gasteiger partial charge in [0.05, 0.1) is 0 Å². The van der Waals surface area contributed by atoms with E-state index < -0.39 is 17.2 Å². The number of carboxylic acids is 1. The largest absolute Gasteiger partial charge is 0.476 e. The number of Topliss-reactive ketones (excluding diaryl/α,β-unsaturated/α-hetero) is 1. The molecule has 0 bridgehead atoms. The van der Waals surface area contributed by atoms with Crippen molar-refractivity contribution < 1.29 is 14.7 Å². The van der Waals surface area contributed by atoms with Crippen molar-refractivity contribution in [2.75, 3.05) is 0 Å². The second-order valence-corrected chi connectivity index (χ2v) is 3.32. The first kappa shape index (κ1) is 9.57. The number of fused-ring (bicyclic) bond motifs is 1. The smallest absolute Gasteiger partial charge is 0.360 e. The van der Waals surface area contributed by atoms with Crippen molar-refractivity contribution in [1.29, 1.82) is 0 Å². The van der Waals surface area contributed by atoms with Gasteiger partial charge in [0.15, 0.2) is 5.78 Å². The molecule has 0 saturated heterocycles. The van der Waals surface area contributed by atoms with E-state index in [2.05, 4.69) is 9.97 Å². The quantitative estimate of drug-likeness (QED) is 0.675. The van der Waals surface area contributed by atoms with Crippen molar-refractivity contribution in [2.45, 2.75) is 19.3 Å². The van der Waals surface area contributed by atoms with Gasteiger partial charge in [0.2, 0.25) is 5.69 Å². The summed E-state index contributed by atoms with van der Waals surface area (Å²) in [5, 5.41) is 8.66. The van der Waals surface area contributed by atoms with E-state index in [1.165, 1.54) is 0 Å². The van der Waals surface area contributed by atoms with Crippen molar-refractivity contribution in [3.05, 3.63) is 27.4 Å². The number of nitrogens with zero attached hydrogens (tertiary/aromatic N) is 1. The van der Waals surface area contributed by atoms with Gasteiger partial charge in [-0.05, 0) is 12.8 Å². The summed E-state index contributed by atoms with van der Waals surface area (Å²) in [5.41, 5.74) is -0.834. The molecule has 0 aliphatic heterocycles. The van der Waals surface area contributed by atoms with Crippen molar-refractivity contribution >= 4 is 11.8 Å². The molecule has 1 aromatic heterocycles. The molecule has 2 N–H and O–H groups in total. The number of aromatic nitrogens is 2. The normalized spacial score (nSPS) is 14.8. The molecule has 0 spiro atoms. The number of nitrogens with one attached hydrogen (secondary N) is 1. The number of carbonyl (C=O) groups is 2. The van der Waals surface area contributed by atoms with Gasteiger partial charge in [-0.1, -0.05) is 0 Å². The minimum Gasteiger partial charge on any atom is -0.476 e. The molecule has 1 heterocycles. The highest BCUT2D eigenvalue weighted by Gasteiger charge is 2.23. The lowest BCUT2D eigenvalue weighted by Crippen LogP contribution is -2.27. The summed E-state index contributed by atoms with van der Waals surface area (Å²) in [7, 11) is 0. The number of aromatic carboxylic acids is 1. The maximum atomic E-state index is 11.4. The SMILES string of the molecule is O=C1CCCc2[nH]c(=O)c(C(=O)O)nc21. The number of hydrogen-bond donors (Lipinski definition) is 2. The minimum atomic E-state index is -1.42. The van der Waals surface area contributed by atoms with E-state index in [1.54, 1.807) is 0 Å². The van der Waals surface area contributed by atoms with E-state index in [9.17, 15) is 14.4 Å². The molecular weight excluding hydrogens is 200 g/mol. The van der Waals surface area contributed by atoms with Crippen LogP contribution in [0.15, 0.2) is 4.79 Å². The van der Waals surface area contributed by atoms with Gasteiger partial charge in [-0.25, -0.2) is 9.78 Å². The molecule has 2 rings (SSSR count). The third-order valence-corrected chi connectivity index (χ3v) is 2.29. The lowest BCUT2D eigenvalue weighted by atomic mass is 9.99. The van der Waals surface area contributed by atoms with Gasteiger partial charge in [0, 0.05) is 12.1 Å². The minimum absolute atomic E-state index is 0.0956. The van der Waals surface area contributed by atoms with Gasteiger partial charge >= 0.3 is 5.97 Å². The Kier molecular flexibility index (Phi) is 2.11. The lowest BCUT2D eigenvalue weighted by molar-refractivity contribution is 0.0688. The Bertz CT molecular complexity index is 503. The fourth-order valence-electron chi connectivity index (χ4n) is 1.59. The molecule has 0 saturated carbocycles. The zero-order valence-electron chi connectivity index (χ0n) is 7.74. The number of aryl methyl sites for hydroxylation is 1. The summed E-state index contributed by atoms with van der Waals surface area (Å²) in [6.45, 7) is 0. The first-order chi connectivity index (χ1) is 7.09. The molecule has 0 unspecified atom stereocenters. The molecule has 1 aliphatic carbocycles. The van der Waals surface area contributed by atoms with Crippen LogP contribution in [0.5, 0.6) is 0 Å². The Balaban J connectivity index is 2.65. The zero-order chi connectivity index (χ0) is 11.0. The fraction of sp³-hybridized carbons (Fsp3) is 0.333. The average Bonchev–Trinajstić information content (AvgIpc) is 2.16. The Morgan fingerprint density at radius 1 is 1.33 bits per heavy atom. The highest BCUT2D eigenvalue weighted by molar-refractivity contribution is 5.97. The van der Waals surface area contributed by atoms with Crippen LogP contribution in [0.1, 0.15) is 39.5 Å². The summed E-state index contributed by atoms with van der Waals surface area (Å²) in [4.78, 5) is 39.2. The lowest BCUT2D eigenvalue weighted by Gasteiger charge is -2.12. The van der Waals surface area contributed by atoms with Crippen LogP contribution in [0.4, 0.5) is 0 Å². The number of hydrogen-bond acceptors (Lipinski definition) is 4. The van der Waals surface area contributed by atoms with Gasteiger partial charge in [-0.15, -0.1) is 0 Å².